The molecule has 0 spiro atoms. The van der Waals surface area contributed by atoms with Crippen LogP contribution in [0.15, 0.2) is 5.38 Å². The fourth-order valence-corrected chi connectivity index (χ4v) is 3.59. The maximum atomic E-state index is 12.5. The summed E-state index contributed by atoms with van der Waals surface area (Å²) in [5, 5.41) is 2.38. The van der Waals surface area contributed by atoms with Gasteiger partial charge in [-0.3, -0.25) is 0 Å². The van der Waals surface area contributed by atoms with Crippen LogP contribution in [-0.4, -0.2) is 53.9 Å². The van der Waals surface area contributed by atoms with E-state index in [0.29, 0.717) is 24.6 Å². The largest absolute Gasteiger partial charge is 0.461 e. The molecule has 28 heavy (non-hydrogen) atoms. The fraction of sp³-hybridized carbons (Fsp3) is 0.750. The van der Waals surface area contributed by atoms with Gasteiger partial charge in [0, 0.05) is 31.5 Å². The summed E-state index contributed by atoms with van der Waals surface area (Å²) in [7, 11) is 1.74. The SMILES string of the molecule is CCOC(=O)c1csc([C@@H](CC(C(C)C)N(C)C(=O)OC(C)(C)C)OCC)n1. The van der Waals surface area contributed by atoms with Crippen LogP contribution in [0.5, 0.6) is 0 Å². The van der Waals surface area contributed by atoms with Crippen LogP contribution in [0, 0.1) is 5.92 Å². The minimum Gasteiger partial charge on any atom is -0.461 e. The molecule has 0 aliphatic rings. The molecule has 1 unspecified atom stereocenters. The number of ether oxygens (including phenoxy) is 3. The van der Waals surface area contributed by atoms with Crippen LogP contribution in [0.25, 0.3) is 0 Å². The predicted molar refractivity (Wildman–Crippen MR) is 110 cm³/mol. The smallest absolute Gasteiger partial charge is 0.410 e. The lowest BCUT2D eigenvalue weighted by molar-refractivity contribution is -0.000900. The Labute approximate surface area is 172 Å². The molecule has 8 heteroatoms. The third-order valence-corrected chi connectivity index (χ3v) is 4.99. The van der Waals surface area contributed by atoms with E-state index in [4.69, 9.17) is 14.2 Å². The van der Waals surface area contributed by atoms with Gasteiger partial charge in [-0.2, -0.15) is 0 Å². The average Bonchev–Trinajstić information content (AvgIpc) is 3.06. The van der Waals surface area contributed by atoms with Gasteiger partial charge in [0.15, 0.2) is 5.69 Å². The van der Waals surface area contributed by atoms with Crippen molar-refractivity contribution in [2.75, 3.05) is 20.3 Å². The van der Waals surface area contributed by atoms with E-state index in [1.165, 1.54) is 11.3 Å². The molecule has 1 aromatic rings. The molecule has 0 aromatic carbocycles. The lowest BCUT2D eigenvalue weighted by atomic mass is 9.96. The van der Waals surface area contributed by atoms with E-state index >= 15 is 0 Å². The molecule has 0 bridgehead atoms. The highest BCUT2D eigenvalue weighted by atomic mass is 32.1. The van der Waals surface area contributed by atoms with Crippen LogP contribution in [0.1, 0.15) is 76.5 Å². The van der Waals surface area contributed by atoms with Crippen molar-refractivity contribution in [2.24, 2.45) is 5.92 Å². The molecule has 1 heterocycles. The van der Waals surface area contributed by atoms with Crippen molar-refractivity contribution < 1.29 is 23.8 Å². The van der Waals surface area contributed by atoms with Crippen molar-refractivity contribution >= 4 is 23.4 Å². The molecule has 0 N–H and O–H groups in total. The summed E-state index contributed by atoms with van der Waals surface area (Å²) in [6, 6.07) is -0.110. The van der Waals surface area contributed by atoms with Gasteiger partial charge in [0.1, 0.15) is 16.7 Å². The Hall–Kier alpha value is -1.67. The van der Waals surface area contributed by atoms with Gasteiger partial charge in [0.25, 0.3) is 0 Å². The van der Waals surface area contributed by atoms with Gasteiger partial charge in [-0.25, -0.2) is 14.6 Å². The fourth-order valence-electron chi connectivity index (χ4n) is 2.74. The normalized spacial score (nSPS) is 13.9. The molecule has 0 fully saturated rings. The minimum absolute atomic E-state index is 0.110. The summed E-state index contributed by atoms with van der Waals surface area (Å²) >= 11 is 1.36. The lowest BCUT2D eigenvalue weighted by Gasteiger charge is -2.34. The molecule has 0 saturated heterocycles. The van der Waals surface area contributed by atoms with E-state index in [2.05, 4.69) is 18.8 Å². The van der Waals surface area contributed by atoms with Gasteiger partial charge < -0.3 is 19.1 Å². The Kier molecular flexibility index (Phi) is 9.36. The molecule has 7 nitrogen and oxygen atoms in total. The molecule has 0 saturated carbocycles. The first kappa shape index (κ1) is 24.4. The van der Waals surface area contributed by atoms with Crippen LogP contribution in [0.2, 0.25) is 0 Å². The van der Waals surface area contributed by atoms with E-state index in [0.717, 1.165) is 0 Å². The van der Waals surface area contributed by atoms with E-state index in [-0.39, 0.29) is 29.9 Å². The zero-order chi connectivity index (χ0) is 21.5. The standard InChI is InChI=1S/C20H34N2O5S/c1-9-25-16(17-21-14(12-28-17)18(23)26-10-2)11-15(13(3)4)22(8)19(24)27-20(5,6)7/h12-13,15-16H,9-11H2,1-8H3/t15?,16-/m1/s1. The van der Waals surface area contributed by atoms with Gasteiger partial charge in [-0.15, -0.1) is 11.3 Å². The van der Waals surface area contributed by atoms with E-state index in [1.54, 1.807) is 24.3 Å². The second-order valence-corrected chi connectivity index (χ2v) is 8.76. The second kappa shape index (κ2) is 10.8. The first-order chi connectivity index (χ1) is 13.0. The Balaban J connectivity index is 2.99. The monoisotopic (exact) mass is 414 g/mol. The van der Waals surface area contributed by atoms with Crippen LogP contribution in [0.3, 0.4) is 0 Å². The van der Waals surface area contributed by atoms with Crippen LogP contribution < -0.4 is 0 Å². The zero-order valence-electron chi connectivity index (χ0n) is 18.3. The Morgan fingerprint density at radius 2 is 1.86 bits per heavy atom. The number of esters is 1. The highest BCUT2D eigenvalue weighted by Crippen LogP contribution is 2.30. The van der Waals surface area contributed by atoms with Gasteiger partial charge >= 0.3 is 12.1 Å². The quantitative estimate of drug-likeness (QED) is 0.546. The zero-order valence-corrected chi connectivity index (χ0v) is 19.1. The van der Waals surface area contributed by atoms with Gasteiger partial charge in [-0.05, 0) is 40.5 Å². The molecule has 1 amide bonds. The Morgan fingerprint density at radius 3 is 2.36 bits per heavy atom. The van der Waals surface area contributed by atoms with E-state index < -0.39 is 11.6 Å². The third kappa shape index (κ3) is 7.39. The summed E-state index contributed by atoms with van der Waals surface area (Å²) in [6.07, 6.45) is -0.139. The van der Waals surface area contributed by atoms with Gasteiger partial charge in [-0.1, -0.05) is 13.8 Å². The summed E-state index contributed by atoms with van der Waals surface area (Å²) in [5.74, 6) is -0.253. The van der Waals surface area contributed by atoms with Crippen molar-refractivity contribution in [2.45, 2.75) is 72.6 Å². The van der Waals surface area contributed by atoms with E-state index in [9.17, 15) is 9.59 Å². The molecule has 0 aliphatic heterocycles. The number of hydrogen-bond donors (Lipinski definition) is 0. The molecular weight excluding hydrogens is 380 g/mol. The molecule has 2 atom stereocenters. The maximum absolute atomic E-state index is 12.5. The number of rotatable bonds is 9. The van der Waals surface area contributed by atoms with Gasteiger partial charge in [0.05, 0.1) is 6.61 Å². The van der Waals surface area contributed by atoms with Crippen molar-refractivity contribution in [3.63, 3.8) is 0 Å². The number of aromatic nitrogens is 1. The number of carbonyl (C=O) groups is 2. The molecule has 160 valence electrons. The Bertz CT molecular complexity index is 639. The molecule has 0 aliphatic carbocycles. The van der Waals surface area contributed by atoms with Crippen molar-refractivity contribution in [1.82, 2.24) is 9.88 Å². The summed E-state index contributed by atoms with van der Waals surface area (Å²) in [4.78, 5) is 30.5. The van der Waals surface area contributed by atoms with Crippen LogP contribution >= 0.6 is 11.3 Å². The third-order valence-electron chi connectivity index (χ3n) is 4.05. The number of nitrogens with zero attached hydrogens (tertiary/aromatic N) is 2. The summed E-state index contributed by atoms with van der Waals surface area (Å²) < 4.78 is 16.4. The first-order valence-corrected chi connectivity index (χ1v) is 10.6. The van der Waals surface area contributed by atoms with Crippen LogP contribution in [-0.2, 0) is 14.2 Å². The number of thiazole rings is 1. The predicted octanol–water partition coefficient (Wildman–Crippen LogP) is 4.68. The van der Waals surface area contributed by atoms with Gasteiger partial charge in [0.2, 0.25) is 0 Å². The average molecular weight is 415 g/mol. The second-order valence-electron chi connectivity index (χ2n) is 7.87. The van der Waals surface area contributed by atoms with Crippen molar-refractivity contribution in [3.05, 3.63) is 16.1 Å². The molecular formula is C20H34N2O5S. The first-order valence-electron chi connectivity index (χ1n) is 9.70. The van der Waals surface area contributed by atoms with Crippen molar-refractivity contribution in [3.8, 4) is 0 Å². The molecule has 0 radical (unpaired) electrons. The summed E-state index contributed by atoms with van der Waals surface area (Å²) in [5.41, 5.74) is -0.274. The lowest BCUT2D eigenvalue weighted by Crippen LogP contribution is -2.44. The topological polar surface area (TPSA) is 78.0 Å². The highest BCUT2D eigenvalue weighted by Gasteiger charge is 2.31. The Morgan fingerprint density at radius 1 is 1.21 bits per heavy atom. The molecule has 1 rings (SSSR count). The number of amides is 1. The minimum atomic E-state index is -0.559. The summed E-state index contributed by atoms with van der Waals surface area (Å²) in [6.45, 7) is 14.1. The highest BCUT2D eigenvalue weighted by molar-refractivity contribution is 7.09. The van der Waals surface area contributed by atoms with Crippen molar-refractivity contribution in [1.29, 1.82) is 0 Å². The number of hydrogen-bond acceptors (Lipinski definition) is 7. The number of carbonyl (C=O) groups excluding carboxylic acids is 2. The molecule has 1 aromatic heterocycles. The maximum Gasteiger partial charge on any atom is 0.410 e. The van der Waals surface area contributed by atoms with Crippen LogP contribution in [0.4, 0.5) is 4.79 Å². The van der Waals surface area contributed by atoms with E-state index in [1.807, 2.05) is 27.7 Å².